The van der Waals surface area contributed by atoms with Gasteiger partial charge in [0.25, 0.3) is 0 Å². The number of hydrogen-bond donors (Lipinski definition) is 0. The molecule has 0 nitrogen and oxygen atoms in total. The fourth-order valence-electron chi connectivity index (χ4n) is 3.40. The minimum atomic E-state index is 0.138. The summed E-state index contributed by atoms with van der Waals surface area (Å²) in [4.78, 5) is 0. The zero-order valence-electron chi connectivity index (χ0n) is 14.6. The van der Waals surface area contributed by atoms with Crippen LogP contribution in [0.25, 0.3) is 21.5 Å². The van der Waals surface area contributed by atoms with Crippen LogP contribution in [-0.4, -0.2) is 0 Å². The molecular weight excluding hydrogens is 264 g/mol. The average Bonchev–Trinajstić information content (AvgIpc) is 2.43. The van der Waals surface area contributed by atoms with Crippen molar-refractivity contribution < 1.29 is 0 Å². The van der Waals surface area contributed by atoms with Crippen LogP contribution in [0.3, 0.4) is 0 Å². The van der Waals surface area contributed by atoms with Crippen LogP contribution in [0.5, 0.6) is 0 Å². The fourth-order valence-corrected chi connectivity index (χ4v) is 3.40. The van der Waals surface area contributed by atoms with Gasteiger partial charge in [0.15, 0.2) is 0 Å². The molecule has 114 valence electrons. The molecular formula is C22H26. The Morgan fingerprint density at radius 3 is 1.77 bits per heavy atom. The summed E-state index contributed by atoms with van der Waals surface area (Å²) in [5, 5.41) is 5.53. The molecule has 0 atom stereocenters. The standard InChI is InChI=1S/C22H26/c1-21(2,3)18-13-14-19(22(4,5)6)20-16-10-8-7-9-15(16)11-12-17(18)20/h7-14H,1-6H3. The van der Waals surface area contributed by atoms with E-state index in [0.29, 0.717) is 0 Å². The molecule has 0 heterocycles. The minimum absolute atomic E-state index is 0.138. The highest BCUT2D eigenvalue weighted by Crippen LogP contribution is 2.39. The van der Waals surface area contributed by atoms with Crippen LogP contribution >= 0.6 is 0 Å². The van der Waals surface area contributed by atoms with E-state index < -0.39 is 0 Å². The zero-order valence-corrected chi connectivity index (χ0v) is 14.6. The van der Waals surface area contributed by atoms with E-state index in [1.165, 1.54) is 32.7 Å². The summed E-state index contributed by atoms with van der Waals surface area (Å²) in [6.07, 6.45) is 0. The number of rotatable bonds is 0. The largest absolute Gasteiger partial charge is 0.0616 e. The molecule has 22 heavy (non-hydrogen) atoms. The molecule has 0 aliphatic rings. The van der Waals surface area contributed by atoms with Gasteiger partial charge in [-0.25, -0.2) is 0 Å². The second kappa shape index (κ2) is 4.84. The third kappa shape index (κ3) is 2.41. The van der Waals surface area contributed by atoms with Crippen LogP contribution in [0, 0.1) is 0 Å². The molecule has 0 saturated carbocycles. The Kier molecular flexibility index (Phi) is 3.32. The van der Waals surface area contributed by atoms with Crippen molar-refractivity contribution in [3.8, 4) is 0 Å². The molecule has 0 heteroatoms. The van der Waals surface area contributed by atoms with Gasteiger partial charge in [0.2, 0.25) is 0 Å². The lowest BCUT2D eigenvalue weighted by atomic mass is 9.77. The van der Waals surface area contributed by atoms with Gasteiger partial charge >= 0.3 is 0 Å². The van der Waals surface area contributed by atoms with E-state index in [0.717, 1.165) is 0 Å². The molecule has 0 radical (unpaired) electrons. The first kappa shape index (κ1) is 15.1. The summed E-state index contributed by atoms with van der Waals surface area (Å²) in [5.74, 6) is 0. The predicted octanol–water partition coefficient (Wildman–Crippen LogP) is 6.59. The molecule has 3 aromatic carbocycles. The van der Waals surface area contributed by atoms with E-state index in [2.05, 4.69) is 90.1 Å². The van der Waals surface area contributed by atoms with Gasteiger partial charge in [-0.1, -0.05) is 90.1 Å². The van der Waals surface area contributed by atoms with Gasteiger partial charge in [0.05, 0.1) is 0 Å². The number of benzene rings is 3. The first-order chi connectivity index (χ1) is 10.2. The summed E-state index contributed by atoms with van der Waals surface area (Å²) < 4.78 is 0. The van der Waals surface area contributed by atoms with Crippen molar-refractivity contribution in [2.45, 2.75) is 52.4 Å². The van der Waals surface area contributed by atoms with Crippen molar-refractivity contribution in [1.82, 2.24) is 0 Å². The van der Waals surface area contributed by atoms with Gasteiger partial charge in [-0.15, -0.1) is 0 Å². The van der Waals surface area contributed by atoms with Crippen molar-refractivity contribution in [1.29, 1.82) is 0 Å². The van der Waals surface area contributed by atoms with Gasteiger partial charge < -0.3 is 0 Å². The Labute approximate surface area is 134 Å². The first-order valence-corrected chi connectivity index (χ1v) is 8.15. The van der Waals surface area contributed by atoms with Gasteiger partial charge in [-0.2, -0.15) is 0 Å². The van der Waals surface area contributed by atoms with Crippen molar-refractivity contribution in [3.63, 3.8) is 0 Å². The van der Waals surface area contributed by atoms with Crippen LogP contribution in [0.15, 0.2) is 48.5 Å². The van der Waals surface area contributed by atoms with Crippen molar-refractivity contribution in [2.24, 2.45) is 0 Å². The maximum Gasteiger partial charge on any atom is -0.00650 e. The van der Waals surface area contributed by atoms with Gasteiger partial charge in [0, 0.05) is 0 Å². The topological polar surface area (TPSA) is 0 Å². The molecule has 0 unspecified atom stereocenters. The average molecular weight is 290 g/mol. The maximum absolute atomic E-state index is 2.34. The smallest absolute Gasteiger partial charge is 0.00650 e. The molecule has 0 N–H and O–H groups in total. The first-order valence-electron chi connectivity index (χ1n) is 8.15. The van der Waals surface area contributed by atoms with Crippen LogP contribution in [0.1, 0.15) is 52.7 Å². The summed E-state index contributed by atoms with van der Waals surface area (Å²) in [5.41, 5.74) is 3.16. The summed E-state index contributed by atoms with van der Waals surface area (Å²) in [7, 11) is 0. The molecule has 0 aliphatic carbocycles. The van der Waals surface area contributed by atoms with E-state index >= 15 is 0 Å². The highest BCUT2D eigenvalue weighted by atomic mass is 14.3. The molecule has 0 aromatic heterocycles. The predicted molar refractivity (Wildman–Crippen MR) is 98.9 cm³/mol. The van der Waals surface area contributed by atoms with E-state index in [-0.39, 0.29) is 10.8 Å². The Morgan fingerprint density at radius 2 is 1.14 bits per heavy atom. The van der Waals surface area contributed by atoms with E-state index in [1.54, 1.807) is 0 Å². The third-order valence-corrected chi connectivity index (χ3v) is 4.52. The maximum atomic E-state index is 2.34. The summed E-state index contributed by atoms with van der Waals surface area (Å²) >= 11 is 0. The quantitative estimate of drug-likeness (QED) is 0.410. The van der Waals surface area contributed by atoms with E-state index in [1.807, 2.05) is 0 Å². The molecule has 3 aromatic rings. The van der Waals surface area contributed by atoms with E-state index in [4.69, 9.17) is 0 Å². The van der Waals surface area contributed by atoms with Crippen LogP contribution < -0.4 is 0 Å². The Morgan fingerprint density at radius 1 is 0.545 bits per heavy atom. The molecule has 0 aliphatic heterocycles. The second-order valence-electron chi connectivity index (χ2n) is 8.37. The Hall–Kier alpha value is -1.82. The van der Waals surface area contributed by atoms with Crippen LogP contribution in [0.2, 0.25) is 0 Å². The number of fused-ring (bicyclic) bond motifs is 3. The van der Waals surface area contributed by atoms with Crippen molar-refractivity contribution >= 4 is 21.5 Å². The fraction of sp³-hybridized carbons (Fsp3) is 0.364. The molecule has 0 fully saturated rings. The lowest BCUT2D eigenvalue weighted by molar-refractivity contribution is 0.585. The minimum Gasteiger partial charge on any atom is -0.0616 e. The Bertz CT molecular complexity index is 839. The lowest BCUT2D eigenvalue weighted by Crippen LogP contribution is -2.16. The van der Waals surface area contributed by atoms with Gasteiger partial charge in [0.1, 0.15) is 0 Å². The van der Waals surface area contributed by atoms with Crippen LogP contribution in [0.4, 0.5) is 0 Å². The highest BCUT2D eigenvalue weighted by molar-refractivity contribution is 6.10. The normalized spacial score (nSPS) is 13.0. The van der Waals surface area contributed by atoms with Crippen LogP contribution in [-0.2, 0) is 10.8 Å². The summed E-state index contributed by atoms with van der Waals surface area (Å²) in [6, 6.07) is 18.0. The van der Waals surface area contributed by atoms with Crippen molar-refractivity contribution in [3.05, 3.63) is 59.7 Å². The monoisotopic (exact) mass is 290 g/mol. The van der Waals surface area contributed by atoms with Gasteiger partial charge in [-0.05, 0) is 43.5 Å². The zero-order chi connectivity index (χ0) is 16.1. The second-order valence-corrected chi connectivity index (χ2v) is 8.37. The van der Waals surface area contributed by atoms with E-state index in [9.17, 15) is 0 Å². The molecule has 0 amide bonds. The number of hydrogen-bond acceptors (Lipinski definition) is 0. The molecule has 0 bridgehead atoms. The van der Waals surface area contributed by atoms with Gasteiger partial charge in [-0.3, -0.25) is 0 Å². The summed E-state index contributed by atoms with van der Waals surface area (Å²) in [6.45, 7) is 13.8. The lowest BCUT2D eigenvalue weighted by Gasteiger charge is -2.27. The molecule has 3 rings (SSSR count). The third-order valence-electron chi connectivity index (χ3n) is 4.52. The highest BCUT2D eigenvalue weighted by Gasteiger charge is 2.23. The molecule has 0 spiro atoms. The Balaban J connectivity index is 2.56. The van der Waals surface area contributed by atoms with Crippen molar-refractivity contribution in [2.75, 3.05) is 0 Å². The SMILES string of the molecule is CC(C)(C)c1ccc(C(C)(C)C)c2c1ccc1ccccc12. The molecule has 0 saturated heterocycles.